The van der Waals surface area contributed by atoms with Gasteiger partial charge in [-0.3, -0.25) is 0 Å². The molecule has 0 aliphatic rings. The van der Waals surface area contributed by atoms with Crippen molar-refractivity contribution in [2.75, 3.05) is 18.4 Å². The van der Waals surface area contributed by atoms with Gasteiger partial charge in [-0.1, -0.05) is 12.2 Å². The van der Waals surface area contributed by atoms with Gasteiger partial charge >= 0.3 is 0 Å². The lowest BCUT2D eigenvalue weighted by Gasteiger charge is -2.02. The first-order valence-electron chi connectivity index (χ1n) is 4.62. The maximum Gasteiger partial charge on any atom is 0.239 e. The van der Waals surface area contributed by atoms with Gasteiger partial charge in [-0.25, -0.2) is 18.5 Å². The molecule has 16 heavy (non-hydrogen) atoms. The molecule has 1 aromatic rings. The van der Waals surface area contributed by atoms with Crippen LogP contribution in [0, 0.1) is 0 Å². The van der Waals surface area contributed by atoms with E-state index in [0.717, 1.165) is 0 Å². The van der Waals surface area contributed by atoms with E-state index in [2.05, 4.69) is 10.3 Å². The molecule has 88 valence electrons. The molecule has 0 aliphatic heterocycles. The van der Waals surface area contributed by atoms with Crippen molar-refractivity contribution in [3.05, 3.63) is 30.5 Å². The van der Waals surface area contributed by atoms with Gasteiger partial charge in [-0.2, -0.15) is 0 Å². The topological polar surface area (TPSA) is 111 Å². The van der Waals surface area contributed by atoms with E-state index in [1.54, 1.807) is 6.07 Å². The first-order chi connectivity index (χ1) is 7.54. The summed E-state index contributed by atoms with van der Waals surface area (Å²) < 4.78 is 21.9. The Bertz CT molecular complexity index is 453. The minimum Gasteiger partial charge on any atom is -0.367 e. The van der Waals surface area contributed by atoms with Crippen LogP contribution in [0.5, 0.6) is 0 Å². The van der Waals surface area contributed by atoms with Crippen LogP contribution in [0.2, 0.25) is 0 Å². The zero-order valence-electron chi connectivity index (χ0n) is 8.63. The van der Waals surface area contributed by atoms with Crippen LogP contribution in [0.3, 0.4) is 0 Å². The number of primary sulfonamides is 1. The molecule has 1 aromatic heterocycles. The van der Waals surface area contributed by atoms with Gasteiger partial charge in [0.15, 0.2) is 0 Å². The quantitative estimate of drug-likeness (QED) is 0.611. The molecular weight excluding hydrogens is 228 g/mol. The summed E-state index contributed by atoms with van der Waals surface area (Å²) in [5.74, 6) is 0.578. The maximum atomic E-state index is 10.9. The van der Waals surface area contributed by atoms with Gasteiger partial charge in [0.2, 0.25) is 10.0 Å². The van der Waals surface area contributed by atoms with E-state index in [1.807, 2.05) is 12.2 Å². The predicted octanol–water partition coefficient (Wildman–Crippen LogP) is -0.344. The summed E-state index contributed by atoms with van der Waals surface area (Å²) in [4.78, 5) is 3.90. The summed E-state index contributed by atoms with van der Waals surface area (Å²) in [7, 11) is -3.67. The summed E-state index contributed by atoms with van der Waals surface area (Å²) in [6, 6.07) is 2.95. The van der Waals surface area contributed by atoms with E-state index >= 15 is 0 Å². The molecule has 0 atom stereocenters. The second-order valence-corrected chi connectivity index (χ2v) is 4.57. The standard InChI is InChI=1S/C9H14N4O2S/c10-5-1-2-6-12-9-4-3-8(7-13-9)16(11,14)15/h1-4,7H,5-6,10H2,(H,12,13)(H2,11,14,15)/b2-1+. The van der Waals surface area contributed by atoms with Crippen molar-refractivity contribution in [3.63, 3.8) is 0 Å². The zero-order valence-corrected chi connectivity index (χ0v) is 9.44. The van der Waals surface area contributed by atoms with Crippen LogP contribution in [-0.4, -0.2) is 26.5 Å². The van der Waals surface area contributed by atoms with E-state index in [9.17, 15) is 8.42 Å². The SMILES string of the molecule is NC/C=C/CNc1ccc(S(N)(=O)=O)cn1. The van der Waals surface area contributed by atoms with Crippen molar-refractivity contribution < 1.29 is 8.42 Å². The lowest BCUT2D eigenvalue weighted by molar-refractivity contribution is 0.597. The summed E-state index contributed by atoms with van der Waals surface area (Å²) in [5.41, 5.74) is 5.26. The number of hydrogen-bond acceptors (Lipinski definition) is 5. The molecule has 1 rings (SSSR count). The molecule has 0 aromatic carbocycles. The number of nitrogens with zero attached hydrogens (tertiary/aromatic N) is 1. The van der Waals surface area contributed by atoms with Gasteiger partial charge in [0.05, 0.1) is 0 Å². The highest BCUT2D eigenvalue weighted by atomic mass is 32.2. The number of aromatic nitrogens is 1. The number of pyridine rings is 1. The van der Waals surface area contributed by atoms with Crippen molar-refractivity contribution >= 4 is 15.8 Å². The normalized spacial score (nSPS) is 11.9. The monoisotopic (exact) mass is 242 g/mol. The molecular formula is C9H14N4O2S. The van der Waals surface area contributed by atoms with E-state index in [4.69, 9.17) is 10.9 Å². The predicted molar refractivity (Wildman–Crippen MR) is 62.3 cm³/mol. The fourth-order valence-electron chi connectivity index (χ4n) is 0.996. The molecule has 0 radical (unpaired) electrons. The summed E-state index contributed by atoms with van der Waals surface area (Å²) >= 11 is 0. The van der Waals surface area contributed by atoms with Crippen molar-refractivity contribution in [1.29, 1.82) is 0 Å². The Morgan fingerprint density at radius 2 is 2.12 bits per heavy atom. The third kappa shape index (κ3) is 3.97. The molecule has 5 N–H and O–H groups in total. The molecule has 7 heteroatoms. The number of anilines is 1. The van der Waals surface area contributed by atoms with Crippen molar-refractivity contribution in [2.24, 2.45) is 10.9 Å². The minimum absolute atomic E-state index is 0.00412. The van der Waals surface area contributed by atoms with Crippen LogP contribution in [0.15, 0.2) is 35.4 Å². The molecule has 0 saturated carbocycles. The van der Waals surface area contributed by atoms with Gasteiger partial charge < -0.3 is 11.1 Å². The third-order valence-corrected chi connectivity index (χ3v) is 2.67. The first-order valence-corrected chi connectivity index (χ1v) is 6.16. The molecule has 0 aliphatic carbocycles. The van der Waals surface area contributed by atoms with Gasteiger partial charge in [-0.05, 0) is 12.1 Å². The Hall–Kier alpha value is -1.44. The van der Waals surface area contributed by atoms with Crippen molar-refractivity contribution in [3.8, 4) is 0 Å². The highest BCUT2D eigenvalue weighted by Crippen LogP contribution is 2.08. The third-order valence-electron chi connectivity index (χ3n) is 1.77. The molecule has 0 spiro atoms. The van der Waals surface area contributed by atoms with Gasteiger partial charge in [0.1, 0.15) is 10.7 Å². The van der Waals surface area contributed by atoms with E-state index in [-0.39, 0.29) is 4.90 Å². The number of nitrogens with one attached hydrogen (secondary N) is 1. The van der Waals surface area contributed by atoms with E-state index in [1.165, 1.54) is 12.3 Å². The lowest BCUT2D eigenvalue weighted by Crippen LogP contribution is -2.12. The Kier molecular flexibility index (Phi) is 4.41. The smallest absolute Gasteiger partial charge is 0.239 e. The second kappa shape index (κ2) is 5.59. The Balaban J connectivity index is 2.62. The average Bonchev–Trinajstić information content (AvgIpc) is 2.24. The molecule has 6 nitrogen and oxygen atoms in total. The fourth-order valence-corrected chi connectivity index (χ4v) is 1.45. The molecule has 0 fully saturated rings. The lowest BCUT2D eigenvalue weighted by atomic mass is 10.4. The second-order valence-electron chi connectivity index (χ2n) is 3.01. The van der Waals surface area contributed by atoms with Crippen LogP contribution in [0.1, 0.15) is 0 Å². The molecule has 1 heterocycles. The average molecular weight is 242 g/mol. The fraction of sp³-hybridized carbons (Fsp3) is 0.222. The van der Waals surface area contributed by atoms with Crippen LogP contribution in [0.4, 0.5) is 5.82 Å². The highest BCUT2D eigenvalue weighted by Gasteiger charge is 2.06. The van der Waals surface area contributed by atoms with Crippen LogP contribution < -0.4 is 16.2 Å². The van der Waals surface area contributed by atoms with Gasteiger partial charge in [0, 0.05) is 19.3 Å². The summed E-state index contributed by atoms with van der Waals surface area (Å²) in [5, 5.41) is 7.90. The largest absolute Gasteiger partial charge is 0.367 e. The molecule has 0 saturated heterocycles. The Labute approximate surface area is 94.4 Å². The summed E-state index contributed by atoms with van der Waals surface area (Å²) in [6.45, 7) is 1.07. The number of hydrogen-bond donors (Lipinski definition) is 3. The Morgan fingerprint density at radius 1 is 1.38 bits per heavy atom. The van der Waals surface area contributed by atoms with Crippen LogP contribution >= 0.6 is 0 Å². The van der Waals surface area contributed by atoms with Crippen molar-refractivity contribution in [2.45, 2.75) is 4.90 Å². The van der Waals surface area contributed by atoms with Crippen LogP contribution in [0.25, 0.3) is 0 Å². The maximum absolute atomic E-state index is 10.9. The number of sulfonamides is 1. The number of rotatable bonds is 5. The van der Waals surface area contributed by atoms with Gasteiger partial charge in [0.25, 0.3) is 0 Å². The van der Waals surface area contributed by atoms with Gasteiger partial charge in [-0.15, -0.1) is 0 Å². The van der Waals surface area contributed by atoms with Crippen LogP contribution in [-0.2, 0) is 10.0 Å². The molecule has 0 unspecified atom stereocenters. The van der Waals surface area contributed by atoms with E-state index in [0.29, 0.717) is 18.9 Å². The summed E-state index contributed by atoms with van der Waals surface area (Å²) in [6.07, 6.45) is 4.88. The van der Waals surface area contributed by atoms with E-state index < -0.39 is 10.0 Å². The minimum atomic E-state index is -3.67. The first kappa shape index (κ1) is 12.6. The van der Waals surface area contributed by atoms with Crippen molar-refractivity contribution in [1.82, 2.24) is 4.98 Å². The number of nitrogens with two attached hydrogens (primary N) is 2. The Morgan fingerprint density at radius 3 is 2.62 bits per heavy atom. The molecule has 0 amide bonds. The highest BCUT2D eigenvalue weighted by molar-refractivity contribution is 7.89. The molecule has 0 bridgehead atoms. The zero-order chi connectivity index (χ0) is 12.0.